The van der Waals surface area contributed by atoms with Gasteiger partial charge in [0.15, 0.2) is 11.5 Å². The van der Waals surface area contributed by atoms with Gasteiger partial charge in [0.05, 0.1) is 0 Å². The molecule has 1 aromatic carbocycles. The Labute approximate surface area is 148 Å². The summed E-state index contributed by atoms with van der Waals surface area (Å²) in [4.78, 5) is 14.1. The molecule has 0 saturated carbocycles. The number of aromatic nitrogens is 2. The second kappa shape index (κ2) is 8.42. The van der Waals surface area contributed by atoms with Crippen molar-refractivity contribution in [1.82, 2.24) is 15.5 Å². The first-order valence-corrected chi connectivity index (χ1v) is 8.78. The summed E-state index contributed by atoms with van der Waals surface area (Å²) in [5, 5.41) is 11.0. The predicted molar refractivity (Wildman–Crippen MR) is 99.6 cm³/mol. The number of piperidine rings is 1. The third-order valence-electron chi connectivity index (χ3n) is 4.60. The highest BCUT2D eigenvalue weighted by Gasteiger charge is 2.21. The number of hydrogen-bond donors (Lipinski definition) is 1. The van der Waals surface area contributed by atoms with Crippen LogP contribution in [0.2, 0.25) is 0 Å². The van der Waals surface area contributed by atoms with E-state index in [-0.39, 0.29) is 5.91 Å². The molecule has 130 valence electrons. The molecular weight excluding hydrogens is 312 g/mol. The highest BCUT2D eigenvalue weighted by molar-refractivity contribution is 5.92. The second-order valence-corrected chi connectivity index (χ2v) is 6.40. The fourth-order valence-corrected chi connectivity index (χ4v) is 3.18. The normalized spacial score (nSPS) is 15.0. The molecule has 1 aliphatic rings. The van der Waals surface area contributed by atoms with Gasteiger partial charge in [-0.25, -0.2) is 0 Å². The maximum absolute atomic E-state index is 11.8. The zero-order valence-electron chi connectivity index (χ0n) is 14.4. The minimum absolute atomic E-state index is 0.222. The third-order valence-corrected chi connectivity index (χ3v) is 4.60. The Hall–Kier alpha value is -2.69. The average molecular weight is 336 g/mol. The van der Waals surface area contributed by atoms with Crippen LogP contribution in [0.3, 0.4) is 0 Å². The zero-order valence-corrected chi connectivity index (χ0v) is 14.4. The van der Waals surface area contributed by atoms with Gasteiger partial charge in [-0.3, -0.25) is 4.79 Å². The van der Waals surface area contributed by atoms with E-state index < -0.39 is 0 Å². The summed E-state index contributed by atoms with van der Waals surface area (Å²) < 4.78 is 0. The number of nitrogens with zero attached hydrogens (tertiary/aromatic N) is 3. The molecule has 2 aromatic rings. The molecule has 1 aliphatic heterocycles. The molecule has 1 saturated heterocycles. The van der Waals surface area contributed by atoms with Gasteiger partial charge in [0.1, 0.15) is 0 Å². The van der Waals surface area contributed by atoms with E-state index in [0.29, 0.717) is 12.2 Å². The number of anilines is 1. The monoisotopic (exact) mass is 336 g/mol. The highest BCUT2D eigenvalue weighted by atomic mass is 16.1. The molecule has 1 aromatic heterocycles. The van der Waals surface area contributed by atoms with Crippen LogP contribution in [0, 0.1) is 5.92 Å². The Morgan fingerprint density at radius 3 is 2.56 bits per heavy atom. The Balaban J connectivity index is 1.52. The molecule has 0 bridgehead atoms. The Kier molecular flexibility index (Phi) is 5.77. The molecule has 0 radical (unpaired) electrons. The van der Waals surface area contributed by atoms with E-state index in [0.717, 1.165) is 44.1 Å². The van der Waals surface area contributed by atoms with Crippen molar-refractivity contribution in [3.05, 3.63) is 66.4 Å². The summed E-state index contributed by atoms with van der Waals surface area (Å²) >= 11 is 0. The quantitative estimate of drug-likeness (QED) is 0.824. The van der Waals surface area contributed by atoms with E-state index in [4.69, 9.17) is 0 Å². The lowest BCUT2D eigenvalue weighted by atomic mass is 9.90. The Morgan fingerprint density at radius 2 is 1.92 bits per heavy atom. The third kappa shape index (κ3) is 4.66. The van der Waals surface area contributed by atoms with Crippen molar-refractivity contribution in [2.75, 3.05) is 24.5 Å². The number of carbonyl (C=O) groups is 1. The van der Waals surface area contributed by atoms with Crippen molar-refractivity contribution in [2.24, 2.45) is 5.92 Å². The molecule has 2 heterocycles. The summed E-state index contributed by atoms with van der Waals surface area (Å²) in [7, 11) is 0. The van der Waals surface area contributed by atoms with Crippen molar-refractivity contribution in [2.45, 2.75) is 19.3 Å². The number of rotatable bonds is 6. The molecule has 1 N–H and O–H groups in total. The molecule has 0 aliphatic carbocycles. The van der Waals surface area contributed by atoms with E-state index >= 15 is 0 Å². The number of hydrogen-bond acceptors (Lipinski definition) is 4. The summed E-state index contributed by atoms with van der Waals surface area (Å²) in [5.41, 5.74) is 1.75. The van der Waals surface area contributed by atoms with Gasteiger partial charge in [-0.2, -0.15) is 0 Å². The summed E-state index contributed by atoms with van der Waals surface area (Å²) in [6.07, 6.45) is 5.08. The van der Waals surface area contributed by atoms with E-state index in [9.17, 15) is 4.79 Å². The molecule has 5 heteroatoms. The maximum atomic E-state index is 11.8. The number of carbonyl (C=O) groups excluding carboxylic acids is 1. The van der Waals surface area contributed by atoms with Crippen molar-refractivity contribution in [3.63, 3.8) is 0 Å². The van der Waals surface area contributed by atoms with Gasteiger partial charge in [0, 0.05) is 19.6 Å². The molecule has 0 spiro atoms. The summed E-state index contributed by atoms with van der Waals surface area (Å²) in [6, 6.07) is 14.3. The van der Waals surface area contributed by atoms with E-state index in [1.165, 1.54) is 5.56 Å². The van der Waals surface area contributed by atoms with Crippen LogP contribution >= 0.6 is 0 Å². The van der Waals surface area contributed by atoms with Gasteiger partial charge in [-0.15, -0.1) is 16.8 Å². The molecule has 25 heavy (non-hydrogen) atoms. The van der Waals surface area contributed by atoms with Crippen molar-refractivity contribution < 1.29 is 4.79 Å². The maximum Gasteiger partial charge on any atom is 0.272 e. The van der Waals surface area contributed by atoms with Crippen molar-refractivity contribution in [1.29, 1.82) is 0 Å². The van der Waals surface area contributed by atoms with Crippen LogP contribution in [-0.4, -0.2) is 35.7 Å². The van der Waals surface area contributed by atoms with Crippen molar-refractivity contribution in [3.8, 4) is 0 Å². The Morgan fingerprint density at radius 1 is 1.16 bits per heavy atom. The number of nitrogens with one attached hydrogen (secondary N) is 1. The molecule has 1 amide bonds. The minimum Gasteiger partial charge on any atom is -0.355 e. The van der Waals surface area contributed by atoms with E-state index in [1.54, 1.807) is 12.1 Å². The van der Waals surface area contributed by atoms with Gasteiger partial charge in [0.2, 0.25) is 0 Å². The van der Waals surface area contributed by atoms with E-state index in [1.807, 2.05) is 6.07 Å². The van der Waals surface area contributed by atoms with Gasteiger partial charge in [-0.1, -0.05) is 36.4 Å². The fraction of sp³-hybridized carbons (Fsp3) is 0.350. The first-order chi connectivity index (χ1) is 12.3. The van der Waals surface area contributed by atoms with Crippen LogP contribution in [0.25, 0.3) is 0 Å². The first-order valence-electron chi connectivity index (χ1n) is 8.78. The average Bonchev–Trinajstić information content (AvgIpc) is 2.68. The highest BCUT2D eigenvalue weighted by Crippen LogP contribution is 2.24. The molecule has 1 fully saturated rings. The van der Waals surface area contributed by atoms with Crippen LogP contribution in [0.5, 0.6) is 0 Å². The smallest absolute Gasteiger partial charge is 0.272 e. The van der Waals surface area contributed by atoms with E-state index in [2.05, 4.69) is 57.3 Å². The van der Waals surface area contributed by atoms with Crippen LogP contribution in [0.15, 0.2) is 55.1 Å². The standard InChI is InChI=1S/C20H24N4O/c1-2-12-21-20(25)18-8-9-19(23-22-18)24-13-10-17(11-14-24)15-16-6-4-3-5-7-16/h2-9,17H,1,10-15H2,(H,21,25). The fourth-order valence-electron chi connectivity index (χ4n) is 3.18. The lowest BCUT2D eigenvalue weighted by Gasteiger charge is -2.32. The predicted octanol–water partition coefficient (Wildman–Crippen LogP) is 2.85. The number of benzene rings is 1. The van der Waals surface area contributed by atoms with Gasteiger partial charge in [-0.05, 0) is 42.9 Å². The van der Waals surface area contributed by atoms with Gasteiger partial charge < -0.3 is 10.2 Å². The topological polar surface area (TPSA) is 58.1 Å². The zero-order chi connectivity index (χ0) is 17.5. The van der Waals surface area contributed by atoms with Crippen LogP contribution in [-0.2, 0) is 6.42 Å². The van der Waals surface area contributed by atoms with Gasteiger partial charge in [0.25, 0.3) is 5.91 Å². The SMILES string of the molecule is C=CCNC(=O)c1ccc(N2CCC(Cc3ccccc3)CC2)nn1. The lowest BCUT2D eigenvalue weighted by molar-refractivity contribution is 0.0952. The molecular formula is C20H24N4O. The van der Waals surface area contributed by atoms with Gasteiger partial charge >= 0.3 is 0 Å². The molecule has 0 unspecified atom stereocenters. The second-order valence-electron chi connectivity index (χ2n) is 6.40. The molecule has 5 nitrogen and oxygen atoms in total. The number of amides is 1. The lowest BCUT2D eigenvalue weighted by Crippen LogP contribution is -2.35. The summed E-state index contributed by atoms with van der Waals surface area (Å²) in [5.74, 6) is 1.34. The first kappa shape index (κ1) is 17.1. The summed E-state index contributed by atoms with van der Waals surface area (Å²) in [6.45, 7) is 5.97. The van der Waals surface area contributed by atoms with Crippen molar-refractivity contribution >= 4 is 11.7 Å². The van der Waals surface area contributed by atoms with Crippen LogP contribution < -0.4 is 10.2 Å². The minimum atomic E-state index is -0.222. The van der Waals surface area contributed by atoms with Crippen LogP contribution in [0.1, 0.15) is 28.9 Å². The molecule has 3 rings (SSSR count). The van der Waals surface area contributed by atoms with Crippen LogP contribution in [0.4, 0.5) is 5.82 Å². The largest absolute Gasteiger partial charge is 0.355 e. The molecule has 0 atom stereocenters. The Bertz CT molecular complexity index is 691.